The molecule has 0 radical (unpaired) electrons. The van der Waals surface area contributed by atoms with E-state index in [2.05, 4.69) is 132 Å². The zero-order valence-electron chi connectivity index (χ0n) is 30.5. The van der Waals surface area contributed by atoms with Crippen LogP contribution in [0.15, 0.2) is 42.5 Å². The van der Waals surface area contributed by atoms with E-state index in [-0.39, 0.29) is 33.0 Å². The van der Waals surface area contributed by atoms with E-state index in [1.807, 2.05) is 11.8 Å². The Morgan fingerprint density at radius 3 is 1.86 bits per heavy atom. The lowest BCUT2D eigenvalue weighted by Crippen LogP contribution is -2.39. The first-order valence-electron chi connectivity index (χ1n) is 16.9. The lowest BCUT2D eigenvalue weighted by atomic mass is 9.54. The Labute approximate surface area is 275 Å². The molecule has 0 saturated carbocycles. The SMILES string of the molecule is CC(C)(C)CC(c1ccccc1)C(C)(C)CC(C)(C)C(c1cc2c(cc1C(C)(C)C)OCCSCCOCCO2)C(C)(C)C. The van der Waals surface area contributed by atoms with E-state index in [1.54, 1.807) is 0 Å². The molecule has 1 aliphatic heterocycles. The molecule has 2 aromatic rings. The summed E-state index contributed by atoms with van der Waals surface area (Å²) in [7, 11) is 0. The first-order valence-corrected chi connectivity index (χ1v) is 18.0. The second-order valence-corrected chi connectivity index (χ2v) is 19.0. The average Bonchev–Trinajstić information content (AvgIpc) is 2.85. The molecule has 44 heavy (non-hydrogen) atoms. The molecule has 3 nitrogen and oxygen atoms in total. The summed E-state index contributed by atoms with van der Waals surface area (Å²) in [5.41, 5.74) is 4.47. The first kappa shape index (κ1) is 36.8. The quantitative estimate of drug-likeness (QED) is 0.306. The highest BCUT2D eigenvalue weighted by molar-refractivity contribution is 7.99. The van der Waals surface area contributed by atoms with Crippen molar-refractivity contribution in [1.82, 2.24) is 0 Å². The van der Waals surface area contributed by atoms with Crippen LogP contribution < -0.4 is 9.47 Å². The minimum atomic E-state index is -0.0524. The fourth-order valence-electron chi connectivity index (χ4n) is 8.03. The molecule has 0 bridgehead atoms. The maximum Gasteiger partial charge on any atom is 0.161 e. The van der Waals surface area contributed by atoms with E-state index in [1.165, 1.54) is 16.7 Å². The summed E-state index contributed by atoms with van der Waals surface area (Å²) in [4.78, 5) is 0. The van der Waals surface area contributed by atoms with Crippen molar-refractivity contribution < 1.29 is 14.2 Å². The minimum absolute atomic E-state index is 0.00705. The Bertz CT molecular complexity index is 1180. The van der Waals surface area contributed by atoms with E-state index in [0.29, 0.717) is 25.7 Å². The first-order chi connectivity index (χ1) is 20.2. The van der Waals surface area contributed by atoms with Gasteiger partial charge in [-0.2, -0.15) is 11.8 Å². The summed E-state index contributed by atoms with van der Waals surface area (Å²) in [5, 5.41) is 0. The number of benzene rings is 2. The Balaban J connectivity index is 2.15. The summed E-state index contributed by atoms with van der Waals surface area (Å²) in [6.45, 7) is 34.0. The van der Waals surface area contributed by atoms with Crippen LogP contribution in [-0.2, 0) is 10.2 Å². The van der Waals surface area contributed by atoms with Crippen molar-refractivity contribution in [3.63, 3.8) is 0 Å². The van der Waals surface area contributed by atoms with Crippen LogP contribution in [0.4, 0.5) is 0 Å². The number of hydrogen-bond donors (Lipinski definition) is 0. The number of thioether (sulfide) groups is 1. The van der Waals surface area contributed by atoms with Gasteiger partial charge in [0.25, 0.3) is 0 Å². The van der Waals surface area contributed by atoms with Gasteiger partial charge in [-0.25, -0.2) is 0 Å². The smallest absolute Gasteiger partial charge is 0.161 e. The van der Waals surface area contributed by atoms with Crippen LogP contribution in [0.1, 0.15) is 131 Å². The van der Waals surface area contributed by atoms with Gasteiger partial charge in [-0.3, -0.25) is 0 Å². The maximum atomic E-state index is 6.44. The lowest BCUT2D eigenvalue weighted by Gasteiger charge is -2.50. The number of hydrogen-bond acceptors (Lipinski definition) is 4. The van der Waals surface area contributed by atoms with Crippen LogP contribution >= 0.6 is 11.8 Å². The van der Waals surface area contributed by atoms with Crippen molar-refractivity contribution >= 4 is 11.8 Å². The van der Waals surface area contributed by atoms with Crippen LogP contribution in [0.2, 0.25) is 0 Å². The third-order valence-corrected chi connectivity index (χ3v) is 10.0. The molecule has 0 N–H and O–H groups in total. The topological polar surface area (TPSA) is 27.7 Å². The minimum Gasteiger partial charge on any atom is -0.489 e. The van der Waals surface area contributed by atoms with Crippen molar-refractivity contribution in [2.24, 2.45) is 21.7 Å². The third-order valence-electron chi connectivity index (χ3n) is 9.10. The van der Waals surface area contributed by atoms with Crippen LogP contribution in [0.5, 0.6) is 11.5 Å². The molecule has 3 rings (SSSR count). The van der Waals surface area contributed by atoms with Crippen LogP contribution in [0.3, 0.4) is 0 Å². The molecule has 248 valence electrons. The fraction of sp³-hybridized carbons (Fsp3) is 0.700. The molecular weight excluding hydrogens is 561 g/mol. The van der Waals surface area contributed by atoms with Gasteiger partial charge in [0, 0.05) is 11.5 Å². The molecule has 0 aromatic heterocycles. The normalized spacial score (nSPS) is 17.8. The summed E-state index contributed by atoms with van der Waals surface area (Å²) in [6.07, 6.45) is 2.25. The number of rotatable bonds is 7. The standard InChI is InChI=1S/C40H64O3S/c1-36(2,3)27-32(29-17-15-14-16-18-29)39(10,11)28-40(12,13)35(38(7,8)9)30-25-33-34(26-31(30)37(4,5)6)43-22-24-44-23-21-41-19-20-42-33/h14-18,25-26,32,35H,19-24,27-28H2,1-13H3. The third kappa shape index (κ3) is 10.2. The molecule has 1 heterocycles. The predicted octanol–water partition coefficient (Wildman–Crippen LogP) is 11.3. The molecule has 0 spiro atoms. The summed E-state index contributed by atoms with van der Waals surface area (Å²) in [5.74, 6) is 4.39. The zero-order valence-corrected chi connectivity index (χ0v) is 31.3. The Morgan fingerprint density at radius 1 is 0.682 bits per heavy atom. The van der Waals surface area contributed by atoms with Gasteiger partial charge in [-0.05, 0) is 80.6 Å². The molecule has 2 atom stereocenters. The molecule has 4 heteroatoms. The van der Waals surface area contributed by atoms with E-state index in [9.17, 15) is 0 Å². The maximum absolute atomic E-state index is 6.44. The van der Waals surface area contributed by atoms with Gasteiger partial charge in [-0.15, -0.1) is 0 Å². The lowest BCUT2D eigenvalue weighted by molar-refractivity contribution is 0.0713. The van der Waals surface area contributed by atoms with Crippen molar-refractivity contribution in [1.29, 1.82) is 0 Å². The Kier molecular flexibility index (Phi) is 12.1. The van der Waals surface area contributed by atoms with E-state index < -0.39 is 0 Å². The second-order valence-electron chi connectivity index (χ2n) is 17.7. The molecule has 0 fully saturated rings. The average molecular weight is 625 g/mol. The van der Waals surface area contributed by atoms with Crippen LogP contribution in [0, 0.1) is 21.7 Å². The summed E-state index contributed by atoms with van der Waals surface area (Å²) in [6, 6.07) is 15.9. The summed E-state index contributed by atoms with van der Waals surface area (Å²) < 4.78 is 18.7. The van der Waals surface area contributed by atoms with Crippen molar-refractivity contribution in [2.75, 3.05) is 37.9 Å². The Morgan fingerprint density at radius 2 is 1.27 bits per heavy atom. The van der Waals surface area contributed by atoms with Crippen LogP contribution in [-0.4, -0.2) is 37.9 Å². The van der Waals surface area contributed by atoms with Gasteiger partial charge in [-0.1, -0.05) is 120 Å². The molecule has 0 aliphatic carbocycles. The van der Waals surface area contributed by atoms with Crippen molar-refractivity contribution in [2.45, 2.75) is 120 Å². The molecule has 0 amide bonds. The van der Waals surface area contributed by atoms with Gasteiger partial charge >= 0.3 is 0 Å². The predicted molar refractivity (Wildman–Crippen MR) is 192 cm³/mol. The second kappa shape index (κ2) is 14.4. The van der Waals surface area contributed by atoms with Crippen molar-refractivity contribution in [3.05, 3.63) is 59.2 Å². The van der Waals surface area contributed by atoms with E-state index >= 15 is 0 Å². The van der Waals surface area contributed by atoms with Gasteiger partial charge in [0.15, 0.2) is 11.5 Å². The Hall–Kier alpha value is -1.65. The number of fused-ring (bicyclic) bond motifs is 1. The fourth-order valence-corrected chi connectivity index (χ4v) is 8.68. The van der Waals surface area contributed by atoms with Gasteiger partial charge < -0.3 is 14.2 Å². The molecule has 2 aromatic carbocycles. The summed E-state index contributed by atoms with van der Waals surface area (Å²) >= 11 is 1.89. The highest BCUT2D eigenvalue weighted by Crippen LogP contribution is 2.58. The molecule has 0 saturated heterocycles. The monoisotopic (exact) mass is 624 g/mol. The van der Waals surface area contributed by atoms with Gasteiger partial charge in [0.2, 0.25) is 0 Å². The van der Waals surface area contributed by atoms with Crippen LogP contribution in [0.25, 0.3) is 0 Å². The largest absolute Gasteiger partial charge is 0.489 e. The highest BCUT2D eigenvalue weighted by Gasteiger charge is 2.46. The van der Waals surface area contributed by atoms with Gasteiger partial charge in [0.1, 0.15) is 6.61 Å². The van der Waals surface area contributed by atoms with Gasteiger partial charge in [0.05, 0.1) is 19.8 Å². The van der Waals surface area contributed by atoms with E-state index in [0.717, 1.165) is 42.5 Å². The van der Waals surface area contributed by atoms with Crippen molar-refractivity contribution in [3.8, 4) is 11.5 Å². The van der Waals surface area contributed by atoms with E-state index in [4.69, 9.17) is 14.2 Å². The molecular formula is C40H64O3S. The highest BCUT2D eigenvalue weighted by atomic mass is 32.2. The molecule has 2 unspecified atom stereocenters. The molecule has 1 aliphatic rings. The number of ether oxygens (including phenoxy) is 3. The zero-order chi connectivity index (χ0) is 33.0.